The third-order valence-corrected chi connectivity index (χ3v) is 7.79. The second-order valence-corrected chi connectivity index (χ2v) is 9.73. The van der Waals surface area contributed by atoms with Crippen molar-refractivity contribution in [3.63, 3.8) is 0 Å². The van der Waals surface area contributed by atoms with E-state index in [-0.39, 0.29) is 0 Å². The first-order valence-corrected chi connectivity index (χ1v) is 13.1. The van der Waals surface area contributed by atoms with Crippen molar-refractivity contribution >= 4 is 0 Å². The fraction of sp³-hybridized carbons (Fsp3) is 1.00. The number of hydrogen-bond donors (Lipinski definition) is 2. The van der Waals surface area contributed by atoms with Crippen LogP contribution in [0, 0.1) is 0 Å². The molecule has 4 fully saturated rings. The van der Waals surface area contributed by atoms with E-state index in [2.05, 4.69) is 20.4 Å². The van der Waals surface area contributed by atoms with E-state index in [0.717, 1.165) is 78.9 Å². The molecule has 4 rings (SSSR count). The summed E-state index contributed by atoms with van der Waals surface area (Å²) >= 11 is 0. The van der Waals surface area contributed by atoms with Crippen LogP contribution in [0.15, 0.2) is 0 Å². The molecule has 2 N–H and O–H groups in total. The summed E-state index contributed by atoms with van der Waals surface area (Å²) in [5.41, 5.74) is 0. The molecule has 180 valence electrons. The molecule has 2 saturated heterocycles. The minimum absolute atomic E-state index is 0.616. The third-order valence-electron chi connectivity index (χ3n) is 7.79. The Morgan fingerprint density at radius 1 is 0.613 bits per heavy atom. The average molecular weight is 439 g/mol. The van der Waals surface area contributed by atoms with Crippen molar-refractivity contribution in [3.05, 3.63) is 0 Å². The van der Waals surface area contributed by atoms with E-state index in [1.54, 1.807) is 0 Å². The Balaban J connectivity index is 1.09. The Morgan fingerprint density at radius 2 is 1.03 bits per heavy atom. The van der Waals surface area contributed by atoms with Crippen LogP contribution in [0.4, 0.5) is 0 Å². The van der Waals surface area contributed by atoms with Crippen molar-refractivity contribution in [2.75, 3.05) is 78.9 Å². The van der Waals surface area contributed by atoms with Crippen LogP contribution < -0.4 is 10.6 Å². The van der Waals surface area contributed by atoms with E-state index in [9.17, 15) is 0 Å². The highest BCUT2D eigenvalue weighted by molar-refractivity contribution is 4.90. The number of hydrogen-bond acceptors (Lipinski definition) is 7. The summed E-state index contributed by atoms with van der Waals surface area (Å²) in [6, 6.07) is 2.60. The lowest BCUT2D eigenvalue weighted by atomic mass is 9.89. The van der Waals surface area contributed by atoms with E-state index in [4.69, 9.17) is 14.2 Å². The number of ether oxygens (including phenoxy) is 3. The number of nitrogens with zero attached hydrogens (tertiary/aromatic N) is 2. The van der Waals surface area contributed by atoms with Crippen molar-refractivity contribution in [2.24, 2.45) is 0 Å². The van der Waals surface area contributed by atoms with Crippen molar-refractivity contribution < 1.29 is 14.2 Å². The maximum absolute atomic E-state index is 5.99. The molecular weight excluding hydrogens is 392 g/mol. The van der Waals surface area contributed by atoms with E-state index < -0.39 is 0 Å². The Kier molecular flexibility index (Phi) is 10.3. The zero-order valence-corrected chi connectivity index (χ0v) is 19.6. The smallest absolute Gasteiger partial charge is 0.0594 e. The van der Waals surface area contributed by atoms with Crippen LogP contribution in [0.1, 0.15) is 51.4 Å². The molecule has 0 radical (unpaired) electrons. The van der Waals surface area contributed by atoms with Gasteiger partial charge in [0.1, 0.15) is 0 Å². The van der Waals surface area contributed by atoms with Crippen LogP contribution in [0.2, 0.25) is 0 Å². The summed E-state index contributed by atoms with van der Waals surface area (Å²) in [4.78, 5) is 5.31. The monoisotopic (exact) mass is 438 g/mol. The van der Waals surface area contributed by atoms with E-state index in [1.165, 1.54) is 51.4 Å². The van der Waals surface area contributed by atoms with Crippen LogP contribution in [0.3, 0.4) is 0 Å². The predicted molar refractivity (Wildman–Crippen MR) is 124 cm³/mol. The van der Waals surface area contributed by atoms with Crippen LogP contribution in [0.5, 0.6) is 0 Å². The molecule has 4 atom stereocenters. The molecule has 7 nitrogen and oxygen atoms in total. The van der Waals surface area contributed by atoms with Gasteiger partial charge in [-0.15, -0.1) is 0 Å². The van der Waals surface area contributed by atoms with Gasteiger partial charge in [0.15, 0.2) is 0 Å². The Morgan fingerprint density at radius 3 is 1.48 bits per heavy atom. The van der Waals surface area contributed by atoms with Crippen LogP contribution in [-0.4, -0.2) is 113 Å². The predicted octanol–water partition coefficient (Wildman–Crippen LogP) is 1.47. The van der Waals surface area contributed by atoms with Gasteiger partial charge in [-0.05, 0) is 25.7 Å². The number of nitrogens with one attached hydrogen (secondary N) is 2. The molecule has 0 aromatic rings. The van der Waals surface area contributed by atoms with Crippen molar-refractivity contribution in [3.8, 4) is 0 Å². The van der Waals surface area contributed by atoms with Gasteiger partial charge in [0, 0.05) is 63.4 Å². The van der Waals surface area contributed by atoms with Gasteiger partial charge in [-0.3, -0.25) is 9.80 Å². The summed E-state index contributed by atoms with van der Waals surface area (Å²) < 4.78 is 17.1. The van der Waals surface area contributed by atoms with Gasteiger partial charge in [-0.2, -0.15) is 0 Å². The van der Waals surface area contributed by atoms with E-state index in [0.29, 0.717) is 24.2 Å². The minimum atomic E-state index is 0.616. The molecule has 2 heterocycles. The topological polar surface area (TPSA) is 58.2 Å². The molecule has 2 aliphatic carbocycles. The van der Waals surface area contributed by atoms with Crippen LogP contribution >= 0.6 is 0 Å². The molecule has 4 unspecified atom stereocenters. The zero-order chi connectivity index (χ0) is 21.1. The molecule has 2 aliphatic heterocycles. The molecule has 0 amide bonds. The maximum Gasteiger partial charge on any atom is 0.0594 e. The summed E-state index contributed by atoms with van der Waals surface area (Å²) in [5.74, 6) is 0. The highest BCUT2D eigenvalue weighted by Crippen LogP contribution is 2.25. The highest BCUT2D eigenvalue weighted by atomic mass is 16.5. The lowest BCUT2D eigenvalue weighted by Gasteiger charge is -2.42. The first-order chi connectivity index (χ1) is 15.4. The minimum Gasteiger partial charge on any atom is -0.379 e. The van der Waals surface area contributed by atoms with E-state index >= 15 is 0 Å². The Hall–Kier alpha value is -0.280. The third kappa shape index (κ3) is 7.36. The lowest BCUT2D eigenvalue weighted by Crippen LogP contribution is -2.55. The van der Waals surface area contributed by atoms with Crippen molar-refractivity contribution in [2.45, 2.75) is 75.5 Å². The summed E-state index contributed by atoms with van der Waals surface area (Å²) in [5, 5.41) is 7.63. The maximum atomic E-state index is 5.99. The van der Waals surface area contributed by atoms with Crippen molar-refractivity contribution in [1.82, 2.24) is 20.4 Å². The molecular formula is C24H46N4O3. The summed E-state index contributed by atoms with van der Waals surface area (Å²) in [6.07, 6.45) is 10.7. The first kappa shape index (κ1) is 23.9. The van der Waals surface area contributed by atoms with Crippen molar-refractivity contribution in [1.29, 1.82) is 0 Å². The summed E-state index contributed by atoms with van der Waals surface area (Å²) in [6.45, 7) is 11.5. The molecule has 7 heteroatoms. The van der Waals surface area contributed by atoms with Gasteiger partial charge in [-0.25, -0.2) is 0 Å². The highest BCUT2D eigenvalue weighted by Gasteiger charge is 2.31. The first-order valence-electron chi connectivity index (χ1n) is 13.1. The standard InChI is InChI=1S/C24H46N4O3/c1-3-7-23(27-11-17-30-18-12-27)21(5-1)25-9-15-29-16-10-26-22-6-2-4-8-24(22)28-13-19-31-20-14-28/h21-26H,1-20H2. The zero-order valence-electron chi connectivity index (χ0n) is 19.6. The van der Waals surface area contributed by atoms with Gasteiger partial charge in [0.05, 0.1) is 39.6 Å². The number of morpholine rings is 2. The average Bonchev–Trinajstić information content (AvgIpc) is 2.85. The van der Waals surface area contributed by atoms with Gasteiger partial charge < -0.3 is 24.8 Å². The van der Waals surface area contributed by atoms with E-state index in [1.807, 2.05) is 0 Å². The molecule has 0 bridgehead atoms. The largest absolute Gasteiger partial charge is 0.379 e. The number of rotatable bonds is 10. The van der Waals surface area contributed by atoms with Gasteiger partial charge in [-0.1, -0.05) is 25.7 Å². The molecule has 31 heavy (non-hydrogen) atoms. The Labute approximate surface area is 189 Å². The molecule has 4 aliphatic rings. The van der Waals surface area contributed by atoms with Gasteiger partial charge >= 0.3 is 0 Å². The Bertz CT molecular complexity index is 443. The molecule has 0 aromatic carbocycles. The molecule has 0 aromatic heterocycles. The molecule has 2 saturated carbocycles. The second kappa shape index (κ2) is 13.4. The second-order valence-electron chi connectivity index (χ2n) is 9.73. The lowest BCUT2D eigenvalue weighted by molar-refractivity contribution is -0.00219. The normalized spacial score (nSPS) is 34.1. The fourth-order valence-corrected chi connectivity index (χ4v) is 6.13. The molecule has 0 spiro atoms. The van der Waals surface area contributed by atoms with Crippen LogP contribution in [0.25, 0.3) is 0 Å². The van der Waals surface area contributed by atoms with Gasteiger partial charge in [0.2, 0.25) is 0 Å². The van der Waals surface area contributed by atoms with Gasteiger partial charge in [0.25, 0.3) is 0 Å². The fourth-order valence-electron chi connectivity index (χ4n) is 6.13. The van der Waals surface area contributed by atoms with Crippen LogP contribution in [-0.2, 0) is 14.2 Å². The SMILES string of the molecule is C1CCC(N2CCOCC2)C(NCCOCCNC2CCCCC2N2CCOCC2)C1. The summed E-state index contributed by atoms with van der Waals surface area (Å²) in [7, 11) is 0. The quantitative estimate of drug-likeness (QED) is 0.501.